The van der Waals surface area contributed by atoms with E-state index in [2.05, 4.69) is 15.2 Å². The molecule has 1 aromatic carbocycles. The molecule has 0 aliphatic carbocycles. The maximum atomic E-state index is 10.6. The van der Waals surface area contributed by atoms with Crippen LogP contribution in [0.1, 0.15) is 0 Å². The summed E-state index contributed by atoms with van der Waals surface area (Å²) in [6.07, 6.45) is 1.89. The number of nitrogens with zero attached hydrogens (tertiary/aromatic N) is 3. The fourth-order valence-corrected chi connectivity index (χ4v) is 2.69. The third-order valence-corrected chi connectivity index (χ3v) is 3.99. The number of hydrogen-bond donors (Lipinski definition) is 2. The molecule has 0 unspecified atom stereocenters. The molecule has 0 spiro atoms. The van der Waals surface area contributed by atoms with Crippen LogP contribution in [0.15, 0.2) is 35.6 Å². The highest BCUT2D eigenvalue weighted by molar-refractivity contribution is 7.99. The molecular formula is C13H12N4O2S. The van der Waals surface area contributed by atoms with Crippen molar-refractivity contribution >= 4 is 28.6 Å². The van der Waals surface area contributed by atoms with Gasteiger partial charge in [-0.05, 0) is 6.07 Å². The molecule has 2 N–H and O–H groups in total. The Morgan fingerprint density at radius 3 is 3.00 bits per heavy atom. The predicted molar refractivity (Wildman–Crippen MR) is 76.7 cm³/mol. The van der Waals surface area contributed by atoms with Gasteiger partial charge in [-0.2, -0.15) is 0 Å². The third-order valence-electron chi connectivity index (χ3n) is 2.99. The van der Waals surface area contributed by atoms with Crippen molar-refractivity contribution in [3.63, 3.8) is 0 Å². The van der Waals surface area contributed by atoms with Gasteiger partial charge in [-0.3, -0.25) is 4.79 Å². The zero-order valence-electron chi connectivity index (χ0n) is 10.7. The lowest BCUT2D eigenvalue weighted by Gasteiger charge is -2.01. The van der Waals surface area contributed by atoms with Crippen molar-refractivity contribution in [2.24, 2.45) is 7.05 Å². The molecule has 2 heterocycles. The number of fused-ring (bicyclic) bond motifs is 1. The fourth-order valence-electron chi connectivity index (χ4n) is 2.06. The van der Waals surface area contributed by atoms with E-state index in [4.69, 9.17) is 5.11 Å². The number of carboxylic acid groups (broad SMARTS) is 1. The Bertz CT molecular complexity index is 778. The summed E-state index contributed by atoms with van der Waals surface area (Å²) in [7, 11) is 1.83. The summed E-state index contributed by atoms with van der Waals surface area (Å²) in [4.78, 5) is 13.8. The first kappa shape index (κ1) is 12.7. The lowest BCUT2D eigenvalue weighted by atomic mass is 10.1. The van der Waals surface area contributed by atoms with Gasteiger partial charge in [0.1, 0.15) is 0 Å². The van der Waals surface area contributed by atoms with E-state index >= 15 is 0 Å². The first-order chi connectivity index (χ1) is 9.66. The van der Waals surface area contributed by atoms with Crippen LogP contribution in [0.4, 0.5) is 0 Å². The van der Waals surface area contributed by atoms with E-state index in [1.165, 1.54) is 0 Å². The quantitative estimate of drug-likeness (QED) is 0.719. The van der Waals surface area contributed by atoms with Crippen molar-refractivity contribution in [2.45, 2.75) is 5.16 Å². The molecule has 0 aliphatic rings. The number of benzene rings is 1. The van der Waals surface area contributed by atoms with Gasteiger partial charge in [0.25, 0.3) is 0 Å². The first-order valence-electron chi connectivity index (χ1n) is 5.97. The minimum Gasteiger partial charge on any atom is -0.481 e. The Morgan fingerprint density at radius 1 is 1.40 bits per heavy atom. The van der Waals surface area contributed by atoms with Gasteiger partial charge >= 0.3 is 5.97 Å². The van der Waals surface area contributed by atoms with E-state index in [-0.39, 0.29) is 5.75 Å². The van der Waals surface area contributed by atoms with Crippen LogP contribution >= 0.6 is 11.8 Å². The summed E-state index contributed by atoms with van der Waals surface area (Å²) in [6, 6.07) is 7.94. The molecule has 0 saturated heterocycles. The zero-order valence-corrected chi connectivity index (χ0v) is 11.5. The molecule has 0 saturated carbocycles. The average molecular weight is 288 g/mol. The molecular weight excluding hydrogens is 276 g/mol. The number of hydrogen-bond acceptors (Lipinski definition) is 4. The molecule has 7 heteroatoms. The van der Waals surface area contributed by atoms with Gasteiger partial charge in [0, 0.05) is 29.7 Å². The van der Waals surface area contributed by atoms with Crippen molar-refractivity contribution in [1.29, 1.82) is 0 Å². The van der Waals surface area contributed by atoms with E-state index in [1.54, 1.807) is 0 Å². The highest BCUT2D eigenvalue weighted by atomic mass is 32.2. The van der Waals surface area contributed by atoms with Gasteiger partial charge in [-0.15, -0.1) is 10.2 Å². The molecule has 0 amide bonds. The number of H-pyrrole nitrogens is 1. The second-order valence-corrected chi connectivity index (χ2v) is 5.24. The number of carboxylic acids is 1. The summed E-state index contributed by atoms with van der Waals surface area (Å²) in [5, 5.41) is 18.6. The summed E-state index contributed by atoms with van der Waals surface area (Å²) in [5.41, 5.74) is 1.99. The number of para-hydroxylation sites is 1. The van der Waals surface area contributed by atoms with Crippen molar-refractivity contribution in [2.75, 3.05) is 5.75 Å². The SMILES string of the molecule is Cn1c(SCC(=O)O)nnc1-c1c[nH]c2ccccc12. The molecule has 102 valence electrons. The monoisotopic (exact) mass is 288 g/mol. The highest BCUT2D eigenvalue weighted by Gasteiger charge is 2.15. The standard InChI is InChI=1S/C13H12N4O2S/c1-17-12(15-16-13(17)20-7-11(18)19)9-6-14-10-5-3-2-4-8(9)10/h2-6,14H,7H2,1H3,(H,18,19). The van der Waals surface area contributed by atoms with E-state index in [0.717, 1.165) is 34.1 Å². The number of rotatable bonds is 4. The molecule has 3 rings (SSSR count). The Balaban J connectivity index is 2.00. The first-order valence-corrected chi connectivity index (χ1v) is 6.96. The molecule has 0 radical (unpaired) electrons. The molecule has 20 heavy (non-hydrogen) atoms. The minimum absolute atomic E-state index is 0.0279. The molecule has 2 aromatic heterocycles. The number of aliphatic carboxylic acids is 1. The van der Waals surface area contributed by atoms with E-state index in [1.807, 2.05) is 42.1 Å². The van der Waals surface area contributed by atoms with Crippen LogP contribution in [0.5, 0.6) is 0 Å². The predicted octanol–water partition coefficient (Wildman–Crippen LogP) is 2.14. The number of carbonyl (C=O) groups is 1. The van der Waals surface area contributed by atoms with Gasteiger partial charge in [0.2, 0.25) is 0 Å². The lowest BCUT2D eigenvalue weighted by Crippen LogP contribution is -2.00. The lowest BCUT2D eigenvalue weighted by molar-refractivity contribution is -0.133. The van der Waals surface area contributed by atoms with E-state index in [9.17, 15) is 4.79 Å². The Morgan fingerprint density at radius 2 is 2.20 bits per heavy atom. The number of aromatic amines is 1. The molecule has 3 aromatic rings. The topological polar surface area (TPSA) is 83.8 Å². The Labute approximate surface area is 118 Å². The summed E-state index contributed by atoms with van der Waals surface area (Å²) in [5.74, 6) is -0.179. The van der Waals surface area contributed by atoms with Crippen LogP contribution in [0.2, 0.25) is 0 Å². The maximum absolute atomic E-state index is 10.6. The van der Waals surface area contributed by atoms with Gasteiger partial charge in [0.15, 0.2) is 11.0 Å². The van der Waals surface area contributed by atoms with Crippen molar-refractivity contribution in [3.8, 4) is 11.4 Å². The van der Waals surface area contributed by atoms with Gasteiger partial charge in [-0.25, -0.2) is 0 Å². The highest BCUT2D eigenvalue weighted by Crippen LogP contribution is 2.28. The molecule has 0 atom stereocenters. The van der Waals surface area contributed by atoms with Crippen LogP contribution in [0, 0.1) is 0 Å². The number of aromatic nitrogens is 4. The smallest absolute Gasteiger partial charge is 0.313 e. The summed E-state index contributed by atoms with van der Waals surface area (Å²) < 4.78 is 1.81. The normalized spacial score (nSPS) is 11.1. The summed E-state index contributed by atoms with van der Waals surface area (Å²) in [6.45, 7) is 0. The largest absolute Gasteiger partial charge is 0.481 e. The van der Waals surface area contributed by atoms with Crippen LogP contribution in [-0.2, 0) is 11.8 Å². The summed E-state index contributed by atoms with van der Waals surface area (Å²) >= 11 is 1.16. The average Bonchev–Trinajstić information content (AvgIpc) is 3.00. The Kier molecular flexibility index (Phi) is 3.19. The maximum Gasteiger partial charge on any atom is 0.313 e. The van der Waals surface area contributed by atoms with Crippen molar-refractivity contribution in [3.05, 3.63) is 30.5 Å². The van der Waals surface area contributed by atoms with E-state index < -0.39 is 5.97 Å². The van der Waals surface area contributed by atoms with E-state index in [0.29, 0.717) is 5.16 Å². The Hall–Kier alpha value is -2.28. The number of nitrogens with one attached hydrogen (secondary N) is 1. The van der Waals surface area contributed by atoms with Gasteiger partial charge in [0.05, 0.1) is 5.75 Å². The second kappa shape index (κ2) is 5.01. The van der Waals surface area contributed by atoms with Gasteiger partial charge in [-0.1, -0.05) is 30.0 Å². The van der Waals surface area contributed by atoms with Crippen molar-refractivity contribution in [1.82, 2.24) is 19.7 Å². The zero-order chi connectivity index (χ0) is 14.1. The van der Waals surface area contributed by atoms with Crippen LogP contribution in [0.25, 0.3) is 22.3 Å². The minimum atomic E-state index is -0.869. The number of thioether (sulfide) groups is 1. The second-order valence-electron chi connectivity index (χ2n) is 4.30. The fraction of sp³-hybridized carbons (Fsp3) is 0.154. The van der Waals surface area contributed by atoms with Crippen LogP contribution < -0.4 is 0 Å². The molecule has 6 nitrogen and oxygen atoms in total. The third kappa shape index (κ3) is 2.16. The van der Waals surface area contributed by atoms with Crippen LogP contribution in [0.3, 0.4) is 0 Å². The van der Waals surface area contributed by atoms with Crippen molar-refractivity contribution < 1.29 is 9.90 Å². The molecule has 0 fully saturated rings. The van der Waals surface area contributed by atoms with Crippen LogP contribution in [-0.4, -0.2) is 36.6 Å². The molecule has 0 bridgehead atoms. The molecule has 0 aliphatic heterocycles. The van der Waals surface area contributed by atoms with Gasteiger partial charge < -0.3 is 14.7 Å².